The van der Waals surface area contributed by atoms with E-state index < -0.39 is 23.3 Å². The zero-order valence-electron chi connectivity index (χ0n) is 14.1. The van der Waals surface area contributed by atoms with E-state index in [2.05, 4.69) is 5.32 Å². The average molecular weight is 299 g/mol. The molecule has 0 heterocycles. The maximum absolute atomic E-state index is 12.4. The molecule has 1 atom stereocenters. The van der Waals surface area contributed by atoms with E-state index in [1.807, 2.05) is 20.8 Å². The second-order valence-electron chi connectivity index (χ2n) is 7.70. The molecule has 1 unspecified atom stereocenters. The van der Waals surface area contributed by atoms with Crippen LogP contribution in [0.5, 0.6) is 0 Å². The molecule has 1 amide bonds. The van der Waals surface area contributed by atoms with E-state index in [4.69, 9.17) is 9.47 Å². The van der Waals surface area contributed by atoms with Gasteiger partial charge in [0.2, 0.25) is 0 Å². The van der Waals surface area contributed by atoms with Crippen LogP contribution in [0, 0.1) is 5.92 Å². The predicted octanol–water partition coefficient (Wildman–Crippen LogP) is 3.41. The molecular weight excluding hydrogens is 270 g/mol. The van der Waals surface area contributed by atoms with Crippen LogP contribution in [0.3, 0.4) is 0 Å². The van der Waals surface area contributed by atoms with Crippen LogP contribution in [-0.4, -0.2) is 29.3 Å². The Bertz CT molecular complexity index is 373. The number of nitrogens with one attached hydrogen (secondary N) is 1. The van der Waals surface area contributed by atoms with Gasteiger partial charge in [0.25, 0.3) is 0 Å². The van der Waals surface area contributed by atoms with Gasteiger partial charge in [-0.25, -0.2) is 9.59 Å². The monoisotopic (exact) mass is 299 g/mol. The van der Waals surface area contributed by atoms with Crippen molar-refractivity contribution in [2.24, 2.45) is 5.92 Å². The van der Waals surface area contributed by atoms with Crippen molar-refractivity contribution in [1.82, 2.24) is 5.32 Å². The van der Waals surface area contributed by atoms with Crippen LogP contribution < -0.4 is 5.32 Å². The smallest absolute Gasteiger partial charge is 0.408 e. The van der Waals surface area contributed by atoms with Crippen LogP contribution in [0.1, 0.15) is 67.2 Å². The summed E-state index contributed by atoms with van der Waals surface area (Å²) in [5.41, 5.74) is -1.15. The first-order chi connectivity index (χ1) is 9.48. The Morgan fingerprint density at radius 3 is 1.86 bits per heavy atom. The van der Waals surface area contributed by atoms with E-state index in [9.17, 15) is 9.59 Å². The zero-order chi connectivity index (χ0) is 16.3. The Balaban J connectivity index is 2.73. The second-order valence-corrected chi connectivity index (χ2v) is 7.70. The number of hydrogen-bond donors (Lipinski definition) is 1. The molecule has 1 saturated carbocycles. The van der Waals surface area contributed by atoms with Crippen LogP contribution in [0.15, 0.2) is 0 Å². The largest absolute Gasteiger partial charge is 0.458 e. The van der Waals surface area contributed by atoms with Gasteiger partial charge < -0.3 is 14.8 Å². The highest BCUT2D eigenvalue weighted by atomic mass is 16.6. The van der Waals surface area contributed by atoms with Crippen molar-refractivity contribution in [2.45, 2.75) is 84.5 Å². The first-order valence-electron chi connectivity index (χ1n) is 7.70. The van der Waals surface area contributed by atoms with E-state index in [1.54, 1.807) is 20.8 Å². The van der Waals surface area contributed by atoms with Crippen molar-refractivity contribution < 1.29 is 19.1 Å². The molecule has 1 aliphatic carbocycles. The van der Waals surface area contributed by atoms with E-state index in [1.165, 1.54) is 0 Å². The molecule has 122 valence electrons. The normalized spacial score (nSPS) is 18.2. The Hall–Kier alpha value is -1.26. The lowest BCUT2D eigenvalue weighted by Crippen LogP contribution is -2.49. The summed E-state index contributed by atoms with van der Waals surface area (Å²) in [6.07, 6.45) is 3.46. The molecule has 0 aromatic carbocycles. The Labute approximate surface area is 127 Å². The van der Waals surface area contributed by atoms with Crippen molar-refractivity contribution in [3.05, 3.63) is 0 Å². The lowest BCUT2D eigenvalue weighted by molar-refractivity contribution is -0.159. The Morgan fingerprint density at radius 2 is 1.43 bits per heavy atom. The summed E-state index contributed by atoms with van der Waals surface area (Å²) in [4.78, 5) is 24.3. The minimum absolute atomic E-state index is 0.132. The molecule has 5 heteroatoms. The highest BCUT2D eigenvalue weighted by Gasteiger charge is 2.36. The van der Waals surface area contributed by atoms with Crippen LogP contribution in [0.4, 0.5) is 4.79 Å². The third-order valence-corrected chi connectivity index (χ3v) is 3.20. The number of alkyl carbamates (subject to hydrolysis) is 1. The SMILES string of the molecule is CC(C)(C)OC(=O)NC(C(=O)OC(C)(C)C)C1CCCC1. The average Bonchev–Trinajstić information content (AvgIpc) is 2.73. The number of ether oxygens (including phenoxy) is 2. The molecule has 1 N–H and O–H groups in total. The van der Waals surface area contributed by atoms with Gasteiger partial charge in [0.15, 0.2) is 0 Å². The fraction of sp³-hybridized carbons (Fsp3) is 0.875. The number of amides is 1. The topological polar surface area (TPSA) is 64.6 Å². The van der Waals surface area contributed by atoms with Crippen LogP contribution in [0.2, 0.25) is 0 Å². The number of carbonyl (C=O) groups excluding carboxylic acids is 2. The summed E-state index contributed by atoms with van der Waals surface area (Å²) in [7, 11) is 0. The molecule has 1 fully saturated rings. The summed E-state index contributed by atoms with van der Waals surface area (Å²) in [5, 5.41) is 2.70. The van der Waals surface area contributed by atoms with Gasteiger partial charge >= 0.3 is 12.1 Å². The summed E-state index contributed by atoms with van der Waals surface area (Å²) < 4.78 is 10.7. The highest BCUT2D eigenvalue weighted by molar-refractivity contribution is 5.82. The Kier molecular flexibility index (Phi) is 5.65. The maximum atomic E-state index is 12.4. The molecule has 0 aromatic heterocycles. The van der Waals surface area contributed by atoms with Crippen molar-refractivity contribution in [3.8, 4) is 0 Å². The second kappa shape index (κ2) is 6.67. The lowest BCUT2D eigenvalue weighted by atomic mass is 9.98. The number of carbonyl (C=O) groups is 2. The highest BCUT2D eigenvalue weighted by Crippen LogP contribution is 2.29. The first kappa shape index (κ1) is 17.8. The van der Waals surface area contributed by atoms with Crippen LogP contribution in [-0.2, 0) is 14.3 Å². The quantitative estimate of drug-likeness (QED) is 0.811. The minimum Gasteiger partial charge on any atom is -0.458 e. The maximum Gasteiger partial charge on any atom is 0.408 e. The van der Waals surface area contributed by atoms with Gasteiger partial charge in [-0.3, -0.25) is 0 Å². The molecule has 1 aliphatic rings. The lowest BCUT2D eigenvalue weighted by Gasteiger charge is -2.29. The molecule has 0 bridgehead atoms. The summed E-state index contributed by atoms with van der Waals surface area (Å²) in [5.74, 6) is -0.243. The van der Waals surface area contributed by atoms with Crippen molar-refractivity contribution >= 4 is 12.1 Å². The molecule has 5 nitrogen and oxygen atoms in total. The van der Waals surface area contributed by atoms with Crippen LogP contribution >= 0.6 is 0 Å². The molecule has 0 spiro atoms. The molecule has 21 heavy (non-hydrogen) atoms. The third-order valence-electron chi connectivity index (χ3n) is 3.20. The number of esters is 1. The molecule has 0 aromatic rings. The molecule has 0 aliphatic heterocycles. The minimum atomic E-state index is -0.624. The van der Waals surface area contributed by atoms with Crippen molar-refractivity contribution in [3.63, 3.8) is 0 Å². The van der Waals surface area contributed by atoms with Gasteiger partial charge in [-0.1, -0.05) is 12.8 Å². The standard InChI is InChI=1S/C16H29NO4/c1-15(2,3)20-13(18)12(11-9-7-8-10-11)17-14(19)21-16(4,5)6/h11-12H,7-10H2,1-6H3,(H,17,19). The van der Waals surface area contributed by atoms with Crippen LogP contribution in [0.25, 0.3) is 0 Å². The van der Waals surface area contributed by atoms with Gasteiger partial charge in [-0.15, -0.1) is 0 Å². The summed E-state index contributed by atoms with van der Waals surface area (Å²) >= 11 is 0. The van der Waals surface area contributed by atoms with Gasteiger partial charge in [0.05, 0.1) is 0 Å². The van der Waals surface area contributed by atoms with E-state index in [-0.39, 0.29) is 11.9 Å². The molecule has 0 saturated heterocycles. The molecule has 1 rings (SSSR count). The first-order valence-corrected chi connectivity index (χ1v) is 7.70. The van der Waals surface area contributed by atoms with Gasteiger partial charge in [-0.2, -0.15) is 0 Å². The van der Waals surface area contributed by atoms with Gasteiger partial charge in [0, 0.05) is 0 Å². The van der Waals surface area contributed by atoms with Crippen molar-refractivity contribution in [2.75, 3.05) is 0 Å². The molecule has 0 radical (unpaired) electrons. The van der Waals surface area contributed by atoms with Gasteiger partial charge in [0.1, 0.15) is 17.2 Å². The fourth-order valence-corrected chi connectivity index (χ4v) is 2.46. The van der Waals surface area contributed by atoms with E-state index in [0.29, 0.717) is 0 Å². The summed E-state index contributed by atoms with van der Waals surface area (Å²) in [6.45, 7) is 10.9. The molecular formula is C16H29NO4. The fourth-order valence-electron chi connectivity index (χ4n) is 2.46. The van der Waals surface area contributed by atoms with Gasteiger partial charge in [-0.05, 0) is 60.3 Å². The summed E-state index contributed by atoms with van der Waals surface area (Å²) in [6, 6.07) is -0.624. The van der Waals surface area contributed by atoms with E-state index >= 15 is 0 Å². The van der Waals surface area contributed by atoms with Crippen molar-refractivity contribution in [1.29, 1.82) is 0 Å². The zero-order valence-corrected chi connectivity index (χ0v) is 14.1. The van der Waals surface area contributed by atoms with E-state index in [0.717, 1.165) is 25.7 Å². The number of rotatable bonds is 3. The third kappa shape index (κ3) is 6.82. The number of hydrogen-bond acceptors (Lipinski definition) is 4. The Morgan fingerprint density at radius 1 is 0.952 bits per heavy atom. The predicted molar refractivity (Wildman–Crippen MR) is 81.0 cm³/mol.